The van der Waals surface area contributed by atoms with Crippen molar-refractivity contribution in [3.63, 3.8) is 0 Å². The van der Waals surface area contributed by atoms with Crippen LogP contribution in [-0.2, 0) is 9.53 Å². The second kappa shape index (κ2) is 6.05. The quantitative estimate of drug-likeness (QED) is 0.710. The molecule has 1 rings (SSSR count). The fourth-order valence-electron chi connectivity index (χ4n) is 1.31. The third kappa shape index (κ3) is 3.92. The first-order valence-corrected chi connectivity index (χ1v) is 5.24. The Morgan fingerprint density at radius 1 is 1.53 bits per heavy atom. The minimum absolute atomic E-state index is 0.104. The lowest BCUT2D eigenvalue weighted by molar-refractivity contribution is -0.117. The molecule has 1 aromatic rings. The second-order valence-electron chi connectivity index (χ2n) is 3.59. The van der Waals surface area contributed by atoms with Gasteiger partial charge < -0.3 is 20.2 Å². The molecule has 94 valence electrons. The predicted molar refractivity (Wildman–Crippen MR) is 60.3 cm³/mol. The van der Waals surface area contributed by atoms with E-state index in [-0.39, 0.29) is 24.1 Å². The minimum atomic E-state index is -0.513. The number of hydrogen-bond donors (Lipinski definition) is 2. The lowest BCUT2D eigenvalue weighted by Crippen LogP contribution is -2.24. The summed E-state index contributed by atoms with van der Waals surface area (Å²) < 4.78 is 9.83. The molecule has 3 N–H and O–H groups in total. The van der Waals surface area contributed by atoms with Crippen LogP contribution in [0.1, 0.15) is 35.7 Å². The van der Waals surface area contributed by atoms with Crippen molar-refractivity contribution in [2.45, 2.75) is 19.4 Å². The minimum Gasteiger partial charge on any atom is -0.463 e. The van der Waals surface area contributed by atoms with Gasteiger partial charge in [0.1, 0.15) is 5.76 Å². The number of carbonyl (C=O) groups excluding carboxylic acids is 2. The Labute approximate surface area is 99.1 Å². The summed E-state index contributed by atoms with van der Waals surface area (Å²) in [5.74, 6) is -0.110. The van der Waals surface area contributed by atoms with E-state index in [0.717, 1.165) is 0 Å². The van der Waals surface area contributed by atoms with Gasteiger partial charge in [-0.2, -0.15) is 0 Å². The first-order chi connectivity index (χ1) is 8.04. The highest BCUT2D eigenvalue weighted by Crippen LogP contribution is 2.16. The average Bonchev–Trinajstić information content (AvgIpc) is 2.76. The van der Waals surface area contributed by atoms with E-state index >= 15 is 0 Å². The van der Waals surface area contributed by atoms with Crippen LogP contribution >= 0.6 is 0 Å². The van der Waals surface area contributed by atoms with Gasteiger partial charge in [0, 0.05) is 13.0 Å². The number of methoxy groups -OCH3 is 1. The van der Waals surface area contributed by atoms with Gasteiger partial charge >= 0.3 is 5.97 Å². The molecule has 0 radical (unpaired) electrons. The first-order valence-electron chi connectivity index (χ1n) is 5.24. The third-order valence-electron chi connectivity index (χ3n) is 2.26. The van der Waals surface area contributed by atoms with Crippen LogP contribution in [0.3, 0.4) is 0 Å². The molecule has 6 heteroatoms. The van der Waals surface area contributed by atoms with Crippen LogP contribution in [-0.4, -0.2) is 25.5 Å². The summed E-state index contributed by atoms with van der Waals surface area (Å²) in [5, 5.41) is 3.05. The number of esters is 1. The lowest BCUT2D eigenvalue weighted by atomic mass is 10.2. The zero-order chi connectivity index (χ0) is 12.8. The predicted octanol–water partition coefficient (Wildman–Crippen LogP) is 0.592. The van der Waals surface area contributed by atoms with Crippen molar-refractivity contribution in [3.05, 3.63) is 23.7 Å². The highest BCUT2D eigenvalue weighted by Gasteiger charge is 2.14. The summed E-state index contributed by atoms with van der Waals surface area (Å²) in [6, 6.07) is 3.13. The number of nitrogens with two attached hydrogens (primary N) is 1. The van der Waals surface area contributed by atoms with Gasteiger partial charge in [-0.05, 0) is 19.1 Å². The number of ether oxygens (including phenoxy) is 1. The van der Waals surface area contributed by atoms with Gasteiger partial charge in [-0.3, -0.25) is 4.79 Å². The van der Waals surface area contributed by atoms with E-state index < -0.39 is 5.97 Å². The zero-order valence-corrected chi connectivity index (χ0v) is 9.86. The third-order valence-corrected chi connectivity index (χ3v) is 2.26. The number of primary amides is 1. The molecule has 17 heavy (non-hydrogen) atoms. The van der Waals surface area contributed by atoms with Crippen molar-refractivity contribution >= 4 is 11.9 Å². The summed E-state index contributed by atoms with van der Waals surface area (Å²) in [6.07, 6.45) is 0.259. The van der Waals surface area contributed by atoms with Crippen molar-refractivity contribution < 1.29 is 18.7 Å². The van der Waals surface area contributed by atoms with Crippen LogP contribution in [0.25, 0.3) is 0 Å². The molecule has 1 heterocycles. The molecule has 0 saturated heterocycles. The van der Waals surface area contributed by atoms with Crippen LogP contribution < -0.4 is 11.1 Å². The Morgan fingerprint density at radius 2 is 2.24 bits per heavy atom. The molecular weight excluding hydrogens is 224 g/mol. The molecule has 1 aromatic heterocycles. The molecule has 0 spiro atoms. The van der Waals surface area contributed by atoms with Crippen LogP contribution in [0.4, 0.5) is 0 Å². The maximum atomic E-state index is 11.2. The fourth-order valence-corrected chi connectivity index (χ4v) is 1.31. The van der Waals surface area contributed by atoms with Crippen LogP contribution in [0, 0.1) is 0 Å². The maximum Gasteiger partial charge on any atom is 0.373 e. The summed E-state index contributed by atoms with van der Waals surface area (Å²) in [4.78, 5) is 21.7. The highest BCUT2D eigenvalue weighted by molar-refractivity contribution is 5.86. The van der Waals surface area contributed by atoms with Gasteiger partial charge in [-0.1, -0.05) is 0 Å². The fraction of sp³-hybridized carbons (Fsp3) is 0.455. The van der Waals surface area contributed by atoms with Crippen molar-refractivity contribution in [1.29, 1.82) is 0 Å². The van der Waals surface area contributed by atoms with E-state index in [1.165, 1.54) is 7.11 Å². The maximum absolute atomic E-state index is 11.2. The molecule has 0 fully saturated rings. The van der Waals surface area contributed by atoms with Gasteiger partial charge in [0.25, 0.3) is 0 Å². The number of carbonyl (C=O) groups is 2. The average molecular weight is 240 g/mol. The molecule has 0 aliphatic heterocycles. The highest BCUT2D eigenvalue weighted by atomic mass is 16.5. The summed E-state index contributed by atoms with van der Waals surface area (Å²) in [7, 11) is 1.29. The largest absolute Gasteiger partial charge is 0.463 e. The molecule has 0 aromatic carbocycles. The van der Waals surface area contributed by atoms with Crippen LogP contribution in [0.15, 0.2) is 16.5 Å². The Bertz CT molecular complexity index is 400. The lowest BCUT2D eigenvalue weighted by Gasteiger charge is -2.09. The van der Waals surface area contributed by atoms with Crippen molar-refractivity contribution in [2.24, 2.45) is 5.73 Å². The van der Waals surface area contributed by atoms with E-state index in [0.29, 0.717) is 12.3 Å². The van der Waals surface area contributed by atoms with Gasteiger partial charge in [0.05, 0.1) is 13.2 Å². The molecule has 1 unspecified atom stereocenters. The summed E-state index contributed by atoms with van der Waals surface area (Å²) >= 11 is 0. The summed E-state index contributed by atoms with van der Waals surface area (Å²) in [6.45, 7) is 2.33. The monoisotopic (exact) mass is 240 g/mol. The number of rotatable bonds is 6. The molecule has 0 bridgehead atoms. The molecular formula is C11H16N2O4. The molecule has 1 amide bonds. The van der Waals surface area contributed by atoms with Gasteiger partial charge in [0.2, 0.25) is 11.7 Å². The van der Waals surface area contributed by atoms with Crippen molar-refractivity contribution in [2.75, 3.05) is 13.7 Å². The molecule has 0 saturated carbocycles. The van der Waals surface area contributed by atoms with Gasteiger partial charge in [-0.15, -0.1) is 0 Å². The van der Waals surface area contributed by atoms with Crippen molar-refractivity contribution in [1.82, 2.24) is 5.32 Å². The van der Waals surface area contributed by atoms with E-state index in [4.69, 9.17) is 10.2 Å². The number of amides is 1. The van der Waals surface area contributed by atoms with Gasteiger partial charge in [0.15, 0.2) is 0 Å². The topological polar surface area (TPSA) is 94.6 Å². The van der Waals surface area contributed by atoms with Gasteiger partial charge in [-0.25, -0.2) is 4.79 Å². The smallest absolute Gasteiger partial charge is 0.373 e. The Hall–Kier alpha value is -1.82. The SMILES string of the molecule is COC(=O)c1ccc(C(C)NCCC(N)=O)o1. The van der Waals surface area contributed by atoms with Crippen LogP contribution in [0.2, 0.25) is 0 Å². The molecule has 0 aliphatic rings. The van der Waals surface area contributed by atoms with E-state index in [9.17, 15) is 9.59 Å². The first kappa shape index (κ1) is 13.2. The molecule has 0 aliphatic carbocycles. The number of nitrogens with one attached hydrogen (secondary N) is 1. The molecule has 6 nitrogen and oxygen atoms in total. The number of hydrogen-bond acceptors (Lipinski definition) is 5. The zero-order valence-electron chi connectivity index (χ0n) is 9.86. The Morgan fingerprint density at radius 3 is 2.82 bits per heavy atom. The van der Waals surface area contributed by atoms with Crippen LogP contribution in [0.5, 0.6) is 0 Å². The second-order valence-corrected chi connectivity index (χ2v) is 3.59. The standard InChI is InChI=1S/C11H16N2O4/c1-7(13-6-5-10(12)14)8-3-4-9(17-8)11(15)16-2/h3-4,7,13H,5-6H2,1-2H3,(H2,12,14). The van der Waals surface area contributed by atoms with E-state index in [1.807, 2.05) is 6.92 Å². The Balaban J connectivity index is 2.51. The normalized spacial score (nSPS) is 12.1. The Kier molecular flexibility index (Phi) is 4.71. The van der Waals surface area contributed by atoms with Crippen molar-refractivity contribution in [3.8, 4) is 0 Å². The number of furan rings is 1. The molecule has 1 atom stereocenters. The van der Waals surface area contributed by atoms with E-state index in [2.05, 4.69) is 10.1 Å². The summed E-state index contributed by atoms with van der Waals surface area (Å²) in [5.41, 5.74) is 5.02. The van der Waals surface area contributed by atoms with E-state index in [1.54, 1.807) is 12.1 Å².